The Hall–Kier alpha value is -0.420. The summed E-state index contributed by atoms with van der Waals surface area (Å²) in [6, 6.07) is 6.76. The summed E-state index contributed by atoms with van der Waals surface area (Å²) < 4.78 is 6.92. The Kier molecular flexibility index (Phi) is 6.02. The van der Waals surface area contributed by atoms with Gasteiger partial charge in [0.05, 0.1) is 6.10 Å². The number of nitrogens with two attached hydrogens (primary N) is 1. The molecule has 112 valence electrons. The van der Waals surface area contributed by atoms with Crippen LogP contribution in [0.25, 0.3) is 0 Å². The molecule has 2 N–H and O–H groups in total. The average molecular weight is 341 g/mol. The van der Waals surface area contributed by atoms with Crippen LogP contribution in [0.3, 0.4) is 0 Å². The molecule has 0 saturated carbocycles. The number of nitrogens with zero attached hydrogens (tertiary/aromatic N) is 1. The second kappa shape index (κ2) is 7.55. The number of likely N-dealkylation sites (N-methyl/N-ethyl adjacent to an activating group) is 1. The fraction of sp³-hybridized carbons (Fsp3) is 0.625. The van der Waals surface area contributed by atoms with Crippen LogP contribution in [0.4, 0.5) is 0 Å². The summed E-state index contributed by atoms with van der Waals surface area (Å²) in [4.78, 5) is 2.44. The zero-order chi connectivity index (χ0) is 14.5. The Labute approximate surface area is 130 Å². The Morgan fingerprint density at radius 3 is 2.85 bits per heavy atom. The van der Waals surface area contributed by atoms with Crippen LogP contribution in [0, 0.1) is 6.92 Å². The molecule has 2 rings (SSSR count). The Balaban J connectivity index is 2.15. The van der Waals surface area contributed by atoms with E-state index in [1.165, 1.54) is 24.0 Å². The minimum Gasteiger partial charge on any atom is -0.377 e. The molecule has 0 bridgehead atoms. The average Bonchev–Trinajstić information content (AvgIpc) is 2.93. The minimum atomic E-state index is 0.249. The van der Waals surface area contributed by atoms with Gasteiger partial charge in [0, 0.05) is 30.2 Å². The number of hydrogen-bond acceptors (Lipinski definition) is 3. The predicted octanol–water partition coefficient (Wildman–Crippen LogP) is 3.26. The van der Waals surface area contributed by atoms with E-state index in [2.05, 4.69) is 52.9 Å². The second-order valence-corrected chi connectivity index (χ2v) is 6.35. The highest BCUT2D eigenvalue weighted by atomic mass is 79.9. The fourth-order valence-corrected chi connectivity index (χ4v) is 3.66. The first-order chi connectivity index (χ1) is 9.65. The van der Waals surface area contributed by atoms with E-state index in [9.17, 15) is 0 Å². The first-order valence-corrected chi connectivity index (χ1v) is 8.26. The first-order valence-electron chi connectivity index (χ1n) is 7.47. The quantitative estimate of drug-likeness (QED) is 0.863. The monoisotopic (exact) mass is 340 g/mol. The summed E-state index contributed by atoms with van der Waals surface area (Å²) in [7, 11) is 0. The van der Waals surface area contributed by atoms with Gasteiger partial charge in [-0.25, -0.2) is 0 Å². The Bertz CT molecular complexity index is 432. The summed E-state index contributed by atoms with van der Waals surface area (Å²) in [5.74, 6) is 0. The van der Waals surface area contributed by atoms with Crippen molar-refractivity contribution in [3.8, 4) is 0 Å². The smallest absolute Gasteiger partial charge is 0.0703 e. The molecule has 1 aliphatic heterocycles. The zero-order valence-corrected chi connectivity index (χ0v) is 14.0. The SMILES string of the molecule is CCN(CC1CCCO1)C(CN)c1ccc(C)cc1Br. The maximum absolute atomic E-state index is 6.06. The van der Waals surface area contributed by atoms with Gasteiger partial charge in [-0.1, -0.05) is 35.0 Å². The van der Waals surface area contributed by atoms with Crippen molar-refractivity contribution in [1.29, 1.82) is 0 Å². The minimum absolute atomic E-state index is 0.249. The molecule has 0 aromatic heterocycles. The van der Waals surface area contributed by atoms with Gasteiger partial charge in [-0.05, 0) is 43.5 Å². The number of benzene rings is 1. The fourth-order valence-electron chi connectivity index (χ4n) is 2.90. The topological polar surface area (TPSA) is 38.5 Å². The highest BCUT2D eigenvalue weighted by Crippen LogP contribution is 2.29. The highest BCUT2D eigenvalue weighted by Gasteiger charge is 2.25. The summed E-state index contributed by atoms with van der Waals surface area (Å²) in [6.07, 6.45) is 2.72. The van der Waals surface area contributed by atoms with Crippen molar-refractivity contribution in [3.05, 3.63) is 33.8 Å². The van der Waals surface area contributed by atoms with E-state index in [1.807, 2.05) is 0 Å². The first kappa shape index (κ1) is 16.0. The lowest BCUT2D eigenvalue weighted by Gasteiger charge is -2.32. The molecule has 20 heavy (non-hydrogen) atoms. The van der Waals surface area contributed by atoms with Crippen molar-refractivity contribution in [3.63, 3.8) is 0 Å². The molecule has 1 saturated heterocycles. The third-order valence-electron chi connectivity index (χ3n) is 4.05. The molecule has 1 fully saturated rings. The molecule has 4 heteroatoms. The van der Waals surface area contributed by atoms with Gasteiger partial charge in [0.1, 0.15) is 0 Å². The van der Waals surface area contributed by atoms with E-state index >= 15 is 0 Å². The number of hydrogen-bond donors (Lipinski definition) is 1. The van der Waals surface area contributed by atoms with Gasteiger partial charge in [0.15, 0.2) is 0 Å². The number of ether oxygens (including phenoxy) is 1. The van der Waals surface area contributed by atoms with Crippen LogP contribution in [0.2, 0.25) is 0 Å². The molecule has 3 nitrogen and oxygen atoms in total. The molecule has 0 aliphatic carbocycles. The van der Waals surface area contributed by atoms with Crippen molar-refractivity contribution in [2.24, 2.45) is 5.73 Å². The maximum Gasteiger partial charge on any atom is 0.0703 e. The van der Waals surface area contributed by atoms with E-state index in [0.717, 1.165) is 24.2 Å². The van der Waals surface area contributed by atoms with E-state index < -0.39 is 0 Å². The second-order valence-electron chi connectivity index (χ2n) is 5.50. The van der Waals surface area contributed by atoms with Crippen LogP contribution in [-0.4, -0.2) is 37.2 Å². The van der Waals surface area contributed by atoms with E-state index in [4.69, 9.17) is 10.5 Å². The van der Waals surface area contributed by atoms with Gasteiger partial charge in [0.2, 0.25) is 0 Å². The van der Waals surface area contributed by atoms with Crippen LogP contribution < -0.4 is 5.73 Å². The van der Waals surface area contributed by atoms with Crippen molar-refractivity contribution in [1.82, 2.24) is 4.90 Å². The van der Waals surface area contributed by atoms with E-state index in [0.29, 0.717) is 12.6 Å². The van der Waals surface area contributed by atoms with Crippen molar-refractivity contribution in [2.75, 3.05) is 26.2 Å². The number of halogens is 1. The lowest BCUT2D eigenvalue weighted by molar-refractivity contribution is 0.0600. The van der Waals surface area contributed by atoms with Crippen molar-refractivity contribution >= 4 is 15.9 Å². The highest BCUT2D eigenvalue weighted by molar-refractivity contribution is 9.10. The normalized spacial score (nSPS) is 20.6. The van der Waals surface area contributed by atoms with Crippen molar-refractivity contribution < 1.29 is 4.74 Å². The summed E-state index contributed by atoms with van der Waals surface area (Å²) in [5, 5.41) is 0. The number of aryl methyl sites for hydroxylation is 1. The van der Waals surface area contributed by atoms with Gasteiger partial charge >= 0.3 is 0 Å². The van der Waals surface area contributed by atoms with Crippen molar-refractivity contribution in [2.45, 2.75) is 38.8 Å². The zero-order valence-electron chi connectivity index (χ0n) is 12.4. The largest absolute Gasteiger partial charge is 0.377 e. The lowest BCUT2D eigenvalue weighted by atomic mass is 10.0. The predicted molar refractivity (Wildman–Crippen MR) is 86.9 cm³/mol. The Morgan fingerprint density at radius 2 is 2.30 bits per heavy atom. The third kappa shape index (κ3) is 3.82. The maximum atomic E-state index is 6.06. The van der Waals surface area contributed by atoms with Gasteiger partial charge < -0.3 is 10.5 Å². The van der Waals surface area contributed by atoms with Gasteiger partial charge in [0.25, 0.3) is 0 Å². The van der Waals surface area contributed by atoms with Crippen LogP contribution in [0.1, 0.15) is 36.9 Å². The van der Waals surface area contributed by atoms with Crippen LogP contribution in [0.15, 0.2) is 22.7 Å². The molecule has 2 unspecified atom stereocenters. The van der Waals surface area contributed by atoms with E-state index in [1.54, 1.807) is 0 Å². The molecule has 1 aromatic rings. The van der Waals surface area contributed by atoms with Crippen LogP contribution >= 0.6 is 15.9 Å². The summed E-state index contributed by atoms with van der Waals surface area (Å²) >= 11 is 3.69. The summed E-state index contributed by atoms with van der Waals surface area (Å²) in [5.41, 5.74) is 8.60. The van der Waals surface area contributed by atoms with Gasteiger partial charge in [-0.3, -0.25) is 4.90 Å². The molecule has 0 amide bonds. The standard InChI is InChI=1S/C16H25BrN2O/c1-3-19(11-13-5-4-8-20-13)16(10-18)14-7-6-12(2)9-15(14)17/h6-7,9,13,16H,3-5,8,10-11,18H2,1-2H3. The van der Waals surface area contributed by atoms with E-state index in [-0.39, 0.29) is 6.04 Å². The Morgan fingerprint density at radius 1 is 1.50 bits per heavy atom. The molecule has 2 atom stereocenters. The lowest BCUT2D eigenvalue weighted by Crippen LogP contribution is -2.39. The molecule has 1 aromatic carbocycles. The molecule has 1 heterocycles. The molecule has 0 radical (unpaired) electrons. The third-order valence-corrected chi connectivity index (χ3v) is 4.73. The van der Waals surface area contributed by atoms with Crippen LogP contribution in [-0.2, 0) is 4.74 Å². The molecular weight excluding hydrogens is 316 g/mol. The number of rotatable bonds is 6. The van der Waals surface area contributed by atoms with Crippen LogP contribution in [0.5, 0.6) is 0 Å². The summed E-state index contributed by atoms with van der Waals surface area (Å²) in [6.45, 7) is 7.79. The van der Waals surface area contributed by atoms with Gasteiger partial charge in [-0.2, -0.15) is 0 Å². The molecular formula is C16H25BrN2O. The molecule has 1 aliphatic rings. The molecule has 0 spiro atoms. The van der Waals surface area contributed by atoms with Gasteiger partial charge in [-0.15, -0.1) is 0 Å².